The summed E-state index contributed by atoms with van der Waals surface area (Å²) in [5.41, 5.74) is 0. The van der Waals surface area contributed by atoms with E-state index in [1.54, 1.807) is 0 Å². The van der Waals surface area contributed by atoms with Gasteiger partial charge in [0.25, 0.3) is 0 Å². The Morgan fingerprint density at radius 2 is 1.64 bits per heavy atom. The van der Waals surface area contributed by atoms with Gasteiger partial charge in [0.1, 0.15) is 0 Å². The van der Waals surface area contributed by atoms with Crippen molar-refractivity contribution in [3.8, 4) is 0 Å². The Morgan fingerprint density at radius 1 is 1.00 bits per heavy atom. The van der Waals surface area contributed by atoms with Crippen molar-refractivity contribution in [3.63, 3.8) is 0 Å². The first-order valence-electron chi connectivity index (χ1n) is 6.35. The van der Waals surface area contributed by atoms with Crippen molar-refractivity contribution in [1.82, 2.24) is 0 Å². The highest BCUT2D eigenvalue weighted by molar-refractivity contribution is 4.58. The van der Waals surface area contributed by atoms with Gasteiger partial charge in [0.05, 0.1) is 0 Å². The molecule has 0 amide bonds. The van der Waals surface area contributed by atoms with Crippen molar-refractivity contribution in [2.45, 2.75) is 65.7 Å². The maximum Gasteiger partial charge on any atom is 0.0456 e. The van der Waals surface area contributed by atoms with Gasteiger partial charge in [-0.25, -0.2) is 0 Å². The van der Waals surface area contributed by atoms with E-state index in [1.807, 2.05) is 0 Å². The van der Waals surface area contributed by atoms with Crippen molar-refractivity contribution < 1.29 is 5.11 Å². The van der Waals surface area contributed by atoms with Crippen LogP contribution in [0, 0.1) is 11.8 Å². The van der Waals surface area contributed by atoms with E-state index in [4.69, 9.17) is 5.11 Å². The van der Waals surface area contributed by atoms with Gasteiger partial charge in [0, 0.05) is 6.61 Å². The topological polar surface area (TPSA) is 20.2 Å². The van der Waals surface area contributed by atoms with Crippen LogP contribution in [0.2, 0.25) is 0 Å². The minimum absolute atomic E-state index is 0.353. The van der Waals surface area contributed by atoms with Crippen LogP contribution in [-0.2, 0) is 0 Å². The molecule has 0 radical (unpaired) electrons. The molecule has 86 valence electrons. The molecule has 0 aliphatic carbocycles. The molecule has 0 aromatic heterocycles. The van der Waals surface area contributed by atoms with Crippen LogP contribution in [-0.4, -0.2) is 11.7 Å². The zero-order chi connectivity index (χ0) is 10.8. The summed E-state index contributed by atoms with van der Waals surface area (Å²) < 4.78 is 0. The predicted molar refractivity (Wildman–Crippen MR) is 63.4 cm³/mol. The average molecular weight is 200 g/mol. The quantitative estimate of drug-likeness (QED) is 0.558. The number of rotatable bonds is 9. The van der Waals surface area contributed by atoms with E-state index in [-0.39, 0.29) is 0 Å². The fourth-order valence-electron chi connectivity index (χ4n) is 1.98. The van der Waals surface area contributed by atoms with Crippen LogP contribution < -0.4 is 0 Å². The second-order valence-corrected chi connectivity index (χ2v) is 4.64. The largest absolute Gasteiger partial charge is 0.396 e. The van der Waals surface area contributed by atoms with Gasteiger partial charge in [-0.05, 0) is 18.3 Å². The van der Waals surface area contributed by atoms with Crippen molar-refractivity contribution >= 4 is 0 Å². The minimum Gasteiger partial charge on any atom is -0.396 e. The number of aliphatic hydroxyl groups excluding tert-OH is 1. The zero-order valence-electron chi connectivity index (χ0n) is 10.3. The third-order valence-corrected chi connectivity index (χ3v) is 3.15. The summed E-state index contributed by atoms with van der Waals surface area (Å²) in [5.74, 6) is 1.45. The fourth-order valence-corrected chi connectivity index (χ4v) is 1.98. The molecule has 2 atom stereocenters. The van der Waals surface area contributed by atoms with E-state index in [0.717, 1.165) is 5.92 Å². The number of hydrogen-bond donors (Lipinski definition) is 1. The molecule has 14 heavy (non-hydrogen) atoms. The van der Waals surface area contributed by atoms with Gasteiger partial charge < -0.3 is 5.11 Å². The molecule has 1 heteroatoms. The highest BCUT2D eigenvalue weighted by atomic mass is 16.3. The Morgan fingerprint density at radius 3 is 2.14 bits per heavy atom. The Bertz CT molecular complexity index is 112. The van der Waals surface area contributed by atoms with Crippen molar-refractivity contribution in [1.29, 1.82) is 0 Å². The first-order valence-corrected chi connectivity index (χ1v) is 6.35. The number of unbranched alkanes of at least 4 members (excludes halogenated alkanes) is 1. The number of hydrogen-bond acceptors (Lipinski definition) is 1. The van der Waals surface area contributed by atoms with Gasteiger partial charge >= 0.3 is 0 Å². The van der Waals surface area contributed by atoms with Crippen LogP contribution in [0.4, 0.5) is 0 Å². The van der Waals surface area contributed by atoms with Crippen molar-refractivity contribution in [2.24, 2.45) is 11.8 Å². The monoisotopic (exact) mass is 200 g/mol. The van der Waals surface area contributed by atoms with Gasteiger partial charge in [0.2, 0.25) is 0 Å². The second-order valence-electron chi connectivity index (χ2n) is 4.64. The van der Waals surface area contributed by atoms with Crippen LogP contribution in [0.25, 0.3) is 0 Å². The molecule has 0 fully saturated rings. The Kier molecular flexibility index (Phi) is 9.49. The first kappa shape index (κ1) is 14.0. The SMILES string of the molecule is CCC[C@@H](CC)CCCC[C@@H](C)CO. The van der Waals surface area contributed by atoms with Crippen LogP contribution in [0.1, 0.15) is 65.7 Å². The summed E-state index contributed by atoms with van der Waals surface area (Å²) in [4.78, 5) is 0. The van der Waals surface area contributed by atoms with Crippen molar-refractivity contribution in [2.75, 3.05) is 6.61 Å². The third kappa shape index (κ3) is 7.37. The van der Waals surface area contributed by atoms with Gasteiger partial charge in [-0.1, -0.05) is 59.3 Å². The fraction of sp³-hybridized carbons (Fsp3) is 1.00. The first-order chi connectivity index (χ1) is 6.74. The molecule has 1 N–H and O–H groups in total. The highest BCUT2D eigenvalue weighted by Gasteiger charge is 2.05. The zero-order valence-corrected chi connectivity index (χ0v) is 10.3. The maximum atomic E-state index is 8.87. The summed E-state index contributed by atoms with van der Waals surface area (Å²) >= 11 is 0. The van der Waals surface area contributed by atoms with Gasteiger partial charge in [0.15, 0.2) is 0 Å². The highest BCUT2D eigenvalue weighted by Crippen LogP contribution is 2.19. The molecular weight excluding hydrogens is 172 g/mol. The molecule has 0 bridgehead atoms. The molecule has 0 aliphatic heterocycles. The van der Waals surface area contributed by atoms with Gasteiger partial charge in [-0.2, -0.15) is 0 Å². The van der Waals surface area contributed by atoms with Gasteiger partial charge in [-0.3, -0.25) is 0 Å². The summed E-state index contributed by atoms with van der Waals surface area (Å²) in [6.45, 7) is 7.06. The molecule has 0 rings (SSSR count). The molecule has 0 aliphatic rings. The molecule has 1 nitrogen and oxygen atoms in total. The van der Waals surface area contributed by atoms with E-state index in [1.165, 1.54) is 44.9 Å². The van der Waals surface area contributed by atoms with E-state index in [0.29, 0.717) is 12.5 Å². The van der Waals surface area contributed by atoms with Crippen molar-refractivity contribution in [3.05, 3.63) is 0 Å². The Labute approximate surface area is 89.9 Å². The third-order valence-electron chi connectivity index (χ3n) is 3.15. The molecule has 0 aromatic rings. The standard InChI is InChI=1S/C13H28O/c1-4-8-13(5-2)10-7-6-9-12(3)11-14/h12-14H,4-11H2,1-3H3/t12-,13-/m1/s1. The Balaban J connectivity index is 3.32. The normalized spacial score (nSPS) is 15.4. The molecular formula is C13H28O. The average Bonchev–Trinajstić information content (AvgIpc) is 2.22. The van der Waals surface area contributed by atoms with Crippen LogP contribution in [0.15, 0.2) is 0 Å². The lowest BCUT2D eigenvalue weighted by Gasteiger charge is -2.14. The van der Waals surface area contributed by atoms with E-state index in [9.17, 15) is 0 Å². The van der Waals surface area contributed by atoms with Gasteiger partial charge in [-0.15, -0.1) is 0 Å². The minimum atomic E-state index is 0.353. The molecule has 0 heterocycles. The molecule has 0 saturated carbocycles. The summed E-state index contributed by atoms with van der Waals surface area (Å²) in [6, 6.07) is 0. The van der Waals surface area contributed by atoms with Crippen LogP contribution >= 0.6 is 0 Å². The van der Waals surface area contributed by atoms with E-state index < -0.39 is 0 Å². The molecule has 0 saturated heterocycles. The maximum absolute atomic E-state index is 8.87. The molecule has 0 unspecified atom stereocenters. The predicted octanol–water partition coefficient (Wildman–Crippen LogP) is 4.00. The second kappa shape index (κ2) is 9.51. The van der Waals surface area contributed by atoms with Crippen LogP contribution in [0.5, 0.6) is 0 Å². The summed E-state index contributed by atoms with van der Waals surface area (Å²) in [7, 11) is 0. The molecule has 0 spiro atoms. The lowest BCUT2D eigenvalue weighted by Crippen LogP contribution is -2.02. The van der Waals surface area contributed by atoms with E-state index >= 15 is 0 Å². The van der Waals surface area contributed by atoms with E-state index in [2.05, 4.69) is 20.8 Å². The lowest BCUT2D eigenvalue weighted by atomic mass is 9.93. The molecule has 0 aromatic carbocycles. The smallest absolute Gasteiger partial charge is 0.0456 e. The summed E-state index contributed by atoms with van der Waals surface area (Å²) in [6.07, 6.45) is 9.29. The lowest BCUT2D eigenvalue weighted by molar-refractivity contribution is 0.226. The van der Waals surface area contributed by atoms with Crippen LogP contribution in [0.3, 0.4) is 0 Å². The Hall–Kier alpha value is -0.0400. The number of aliphatic hydroxyl groups is 1. The summed E-state index contributed by atoms with van der Waals surface area (Å²) in [5, 5.41) is 8.87.